The standard InChI is InChI=1S/C15H19ClN2O3/c1-18-7-3-4-10(9-18)14(19)17-11-5-6-13(16)12(8-11)15(20)21-2/h5-6,8,10H,3-4,7,9H2,1-2H3,(H,17,19)/t10-/m0/s1. The Morgan fingerprint density at radius 2 is 2.19 bits per heavy atom. The predicted molar refractivity (Wildman–Crippen MR) is 81.6 cm³/mol. The second-order valence-corrected chi connectivity index (χ2v) is 5.68. The lowest BCUT2D eigenvalue weighted by Gasteiger charge is -2.28. The average molecular weight is 311 g/mol. The summed E-state index contributed by atoms with van der Waals surface area (Å²) >= 11 is 5.95. The number of piperidine rings is 1. The van der Waals surface area contributed by atoms with E-state index in [1.54, 1.807) is 18.2 Å². The largest absolute Gasteiger partial charge is 0.465 e. The number of esters is 1. The summed E-state index contributed by atoms with van der Waals surface area (Å²) in [6.45, 7) is 1.78. The number of ether oxygens (including phenoxy) is 1. The third kappa shape index (κ3) is 3.95. The maximum absolute atomic E-state index is 12.3. The number of carbonyl (C=O) groups excluding carboxylic acids is 2. The Labute approximate surface area is 129 Å². The number of nitrogens with one attached hydrogen (secondary N) is 1. The predicted octanol–water partition coefficient (Wildman–Crippen LogP) is 2.41. The maximum Gasteiger partial charge on any atom is 0.339 e. The zero-order valence-electron chi connectivity index (χ0n) is 12.2. The van der Waals surface area contributed by atoms with Crippen molar-refractivity contribution in [2.75, 3.05) is 32.6 Å². The second-order valence-electron chi connectivity index (χ2n) is 5.28. The van der Waals surface area contributed by atoms with Crippen molar-refractivity contribution in [3.63, 3.8) is 0 Å². The van der Waals surface area contributed by atoms with Gasteiger partial charge in [-0.1, -0.05) is 11.6 Å². The smallest absolute Gasteiger partial charge is 0.339 e. The van der Waals surface area contributed by atoms with Crippen molar-refractivity contribution < 1.29 is 14.3 Å². The summed E-state index contributed by atoms with van der Waals surface area (Å²) in [5, 5.41) is 3.15. The molecular weight excluding hydrogens is 292 g/mol. The molecule has 1 atom stereocenters. The number of anilines is 1. The van der Waals surface area contributed by atoms with E-state index in [9.17, 15) is 9.59 Å². The summed E-state index contributed by atoms with van der Waals surface area (Å²) in [5.41, 5.74) is 0.802. The molecule has 0 bridgehead atoms. The second kappa shape index (κ2) is 6.91. The van der Waals surface area contributed by atoms with Crippen LogP contribution in [0.2, 0.25) is 5.02 Å². The van der Waals surface area contributed by atoms with Gasteiger partial charge >= 0.3 is 5.97 Å². The Hall–Kier alpha value is -1.59. The van der Waals surface area contributed by atoms with Crippen molar-refractivity contribution in [3.05, 3.63) is 28.8 Å². The van der Waals surface area contributed by atoms with Crippen molar-refractivity contribution in [1.29, 1.82) is 0 Å². The first-order chi connectivity index (χ1) is 10.0. The quantitative estimate of drug-likeness (QED) is 0.871. The lowest BCUT2D eigenvalue weighted by Crippen LogP contribution is -2.38. The Kier molecular flexibility index (Phi) is 5.20. The number of methoxy groups -OCH3 is 1. The van der Waals surface area contributed by atoms with Gasteiger partial charge in [0.2, 0.25) is 5.91 Å². The molecule has 1 aliphatic rings. The highest BCUT2D eigenvalue weighted by atomic mass is 35.5. The molecule has 1 N–H and O–H groups in total. The van der Waals surface area contributed by atoms with E-state index in [2.05, 4.69) is 15.0 Å². The van der Waals surface area contributed by atoms with Crippen LogP contribution in [0.15, 0.2) is 18.2 Å². The normalized spacial score (nSPS) is 19.1. The van der Waals surface area contributed by atoms with E-state index in [0.717, 1.165) is 25.9 Å². The highest BCUT2D eigenvalue weighted by Crippen LogP contribution is 2.23. The minimum Gasteiger partial charge on any atom is -0.465 e. The fourth-order valence-electron chi connectivity index (χ4n) is 2.49. The molecule has 0 aromatic heterocycles. The zero-order valence-corrected chi connectivity index (χ0v) is 12.9. The number of hydrogen-bond donors (Lipinski definition) is 1. The van der Waals surface area contributed by atoms with Crippen molar-refractivity contribution >= 4 is 29.2 Å². The lowest BCUT2D eigenvalue weighted by molar-refractivity contribution is -0.121. The number of hydrogen-bond acceptors (Lipinski definition) is 4. The zero-order chi connectivity index (χ0) is 15.4. The fraction of sp³-hybridized carbons (Fsp3) is 0.467. The van der Waals surface area contributed by atoms with Crippen molar-refractivity contribution in [2.45, 2.75) is 12.8 Å². The molecule has 1 saturated heterocycles. The van der Waals surface area contributed by atoms with Gasteiger partial charge in [0.1, 0.15) is 0 Å². The van der Waals surface area contributed by atoms with Gasteiger partial charge in [0.05, 0.1) is 23.6 Å². The number of amides is 1. The summed E-state index contributed by atoms with van der Waals surface area (Å²) < 4.78 is 4.66. The summed E-state index contributed by atoms with van der Waals surface area (Å²) in [6, 6.07) is 4.80. The molecule has 1 fully saturated rings. The summed E-state index contributed by atoms with van der Waals surface area (Å²) in [4.78, 5) is 26.0. The van der Waals surface area contributed by atoms with Crippen LogP contribution in [0.3, 0.4) is 0 Å². The molecule has 114 valence electrons. The monoisotopic (exact) mass is 310 g/mol. The lowest BCUT2D eigenvalue weighted by atomic mass is 9.97. The third-order valence-electron chi connectivity index (χ3n) is 3.63. The summed E-state index contributed by atoms with van der Waals surface area (Å²) in [7, 11) is 3.30. The number of halogens is 1. The van der Waals surface area contributed by atoms with Crippen LogP contribution in [-0.4, -0.2) is 44.0 Å². The van der Waals surface area contributed by atoms with Crippen LogP contribution >= 0.6 is 11.6 Å². The molecule has 0 saturated carbocycles. The Balaban J connectivity index is 2.08. The number of benzene rings is 1. The number of likely N-dealkylation sites (tertiary alicyclic amines) is 1. The van der Waals surface area contributed by atoms with E-state index < -0.39 is 5.97 Å². The van der Waals surface area contributed by atoms with Crippen molar-refractivity contribution in [2.24, 2.45) is 5.92 Å². The molecule has 1 aromatic carbocycles. The Morgan fingerprint density at radius 3 is 2.86 bits per heavy atom. The molecule has 0 aliphatic carbocycles. The van der Waals surface area contributed by atoms with Gasteiger partial charge in [-0.3, -0.25) is 4.79 Å². The third-order valence-corrected chi connectivity index (χ3v) is 3.96. The molecule has 1 heterocycles. The van der Waals surface area contributed by atoms with Gasteiger partial charge in [0.25, 0.3) is 0 Å². The van der Waals surface area contributed by atoms with Crippen LogP contribution in [0.5, 0.6) is 0 Å². The van der Waals surface area contributed by atoms with Gasteiger partial charge in [-0.15, -0.1) is 0 Å². The minimum absolute atomic E-state index is 0.0268. The fourth-order valence-corrected chi connectivity index (χ4v) is 2.69. The van der Waals surface area contributed by atoms with Gasteiger partial charge in [-0.25, -0.2) is 4.79 Å². The Bertz CT molecular complexity index is 548. The molecule has 0 unspecified atom stereocenters. The molecule has 2 rings (SSSR count). The Morgan fingerprint density at radius 1 is 1.43 bits per heavy atom. The molecule has 1 aromatic rings. The minimum atomic E-state index is -0.520. The molecule has 5 nitrogen and oxygen atoms in total. The molecule has 0 radical (unpaired) electrons. The molecule has 1 aliphatic heterocycles. The van der Waals surface area contributed by atoms with Gasteiger partial charge in [-0.2, -0.15) is 0 Å². The van der Waals surface area contributed by atoms with Crippen LogP contribution in [0.1, 0.15) is 23.2 Å². The molecule has 1 amide bonds. The molecular formula is C15H19ClN2O3. The molecule has 6 heteroatoms. The maximum atomic E-state index is 12.3. The van der Waals surface area contributed by atoms with Crippen molar-refractivity contribution in [3.8, 4) is 0 Å². The van der Waals surface area contributed by atoms with Crippen LogP contribution in [0.4, 0.5) is 5.69 Å². The summed E-state index contributed by atoms with van der Waals surface area (Å²) in [6.07, 6.45) is 1.90. The van der Waals surface area contributed by atoms with Crippen LogP contribution in [-0.2, 0) is 9.53 Å². The first-order valence-corrected chi connectivity index (χ1v) is 7.26. The van der Waals surface area contributed by atoms with Gasteiger partial charge in [0.15, 0.2) is 0 Å². The molecule has 0 spiro atoms. The van der Waals surface area contributed by atoms with E-state index in [0.29, 0.717) is 10.7 Å². The average Bonchev–Trinajstić information content (AvgIpc) is 2.48. The molecule has 21 heavy (non-hydrogen) atoms. The van der Waals surface area contributed by atoms with E-state index in [4.69, 9.17) is 11.6 Å². The number of carbonyl (C=O) groups is 2. The summed E-state index contributed by atoms with van der Waals surface area (Å²) in [5.74, 6) is -0.575. The van der Waals surface area contributed by atoms with Crippen LogP contribution < -0.4 is 5.32 Å². The number of nitrogens with zero attached hydrogens (tertiary/aromatic N) is 1. The topological polar surface area (TPSA) is 58.6 Å². The van der Waals surface area contributed by atoms with E-state index in [1.807, 2.05) is 7.05 Å². The van der Waals surface area contributed by atoms with Gasteiger partial charge in [0, 0.05) is 12.2 Å². The van der Waals surface area contributed by atoms with Gasteiger partial charge < -0.3 is 15.0 Å². The van der Waals surface area contributed by atoms with E-state index in [-0.39, 0.29) is 17.4 Å². The van der Waals surface area contributed by atoms with Crippen LogP contribution in [0, 0.1) is 5.92 Å². The number of rotatable bonds is 3. The van der Waals surface area contributed by atoms with Gasteiger partial charge in [-0.05, 0) is 44.6 Å². The first kappa shape index (κ1) is 15.8. The van der Waals surface area contributed by atoms with Crippen molar-refractivity contribution in [1.82, 2.24) is 4.90 Å². The first-order valence-electron chi connectivity index (χ1n) is 6.88. The van der Waals surface area contributed by atoms with Crippen LogP contribution in [0.25, 0.3) is 0 Å². The SMILES string of the molecule is COC(=O)c1cc(NC(=O)[C@H]2CCCN(C)C2)ccc1Cl. The highest BCUT2D eigenvalue weighted by molar-refractivity contribution is 6.33. The highest BCUT2D eigenvalue weighted by Gasteiger charge is 2.24. The van der Waals surface area contributed by atoms with E-state index in [1.165, 1.54) is 7.11 Å². The van der Waals surface area contributed by atoms with E-state index >= 15 is 0 Å².